The topological polar surface area (TPSA) is 62.1 Å². The SMILES string of the molecule is COc1ccc(Cl)c(NC(=O)C(C#N)C(C)C)c1. The van der Waals surface area contributed by atoms with E-state index in [-0.39, 0.29) is 11.8 Å². The Labute approximate surface area is 112 Å². The van der Waals surface area contributed by atoms with Crippen LogP contribution in [0.5, 0.6) is 5.75 Å². The molecule has 1 aromatic carbocycles. The van der Waals surface area contributed by atoms with Crippen LogP contribution in [-0.4, -0.2) is 13.0 Å². The Morgan fingerprint density at radius 3 is 2.67 bits per heavy atom. The van der Waals surface area contributed by atoms with E-state index in [1.807, 2.05) is 19.9 Å². The number of carbonyl (C=O) groups is 1. The van der Waals surface area contributed by atoms with Gasteiger partial charge in [0.05, 0.1) is 23.9 Å². The Hall–Kier alpha value is -1.73. The number of carbonyl (C=O) groups excluding carboxylic acids is 1. The first kappa shape index (κ1) is 14.3. The number of nitriles is 1. The molecular formula is C13H15ClN2O2. The smallest absolute Gasteiger partial charge is 0.242 e. The van der Waals surface area contributed by atoms with E-state index >= 15 is 0 Å². The van der Waals surface area contributed by atoms with E-state index in [9.17, 15) is 4.79 Å². The zero-order valence-corrected chi connectivity index (χ0v) is 11.3. The molecular weight excluding hydrogens is 252 g/mol. The van der Waals surface area contributed by atoms with Crippen molar-refractivity contribution < 1.29 is 9.53 Å². The lowest BCUT2D eigenvalue weighted by atomic mass is 9.96. The number of methoxy groups -OCH3 is 1. The third kappa shape index (κ3) is 3.38. The van der Waals surface area contributed by atoms with Crippen LogP contribution in [0.4, 0.5) is 5.69 Å². The molecule has 0 heterocycles. The van der Waals surface area contributed by atoms with Gasteiger partial charge in [-0.15, -0.1) is 0 Å². The molecule has 4 nitrogen and oxygen atoms in total. The van der Waals surface area contributed by atoms with Gasteiger partial charge in [-0.1, -0.05) is 25.4 Å². The highest BCUT2D eigenvalue weighted by Gasteiger charge is 2.22. The molecule has 1 N–H and O–H groups in total. The summed E-state index contributed by atoms with van der Waals surface area (Å²) >= 11 is 5.97. The molecule has 0 spiro atoms. The van der Waals surface area contributed by atoms with E-state index in [4.69, 9.17) is 21.6 Å². The van der Waals surface area contributed by atoms with Gasteiger partial charge in [0.2, 0.25) is 5.91 Å². The highest BCUT2D eigenvalue weighted by Crippen LogP contribution is 2.27. The molecule has 0 bridgehead atoms. The Balaban J connectivity index is 2.91. The molecule has 0 saturated carbocycles. The van der Waals surface area contributed by atoms with Crippen molar-refractivity contribution in [3.63, 3.8) is 0 Å². The van der Waals surface area contributed by atoms with Crippen LogP contribution in [0.2, 0.25) is 5.02 Å². The monoisotopic (exact) mass is 266 g/mol. The summed E-state index contributed by atoms with van der Waals surface area (Å²) < 4.78 is 5.05. The number of rotatable bonds is 4. The Kier molecular flexibility index (Phi) is 4.99. The number of anilines is 1. The van der Waals surface area contributed by atoms with Crippen molar-refractivity contribution in [2.24, 2.45) is 11.8 Å². The van der Waals surface area contributed by atoms with Crippen molar-refractivity contribution in [3.8, 4) is 11.8 Å². The summed E-state index contributed by atoms with van der Waals surface area (Å²) in [6.07, 6.45) is 0. The number of hydrogen-bond donors (Lipinski definition) is 1. The number of nitrogens with one attached hydrogen (secondary N) is 1. The van der Waals surface area contributed by atoms with Crippen molar-refractivity contribution in [1.29, 1.82) is 5.26 Å². The van der Waals surface area contributed by atoms with Gasteiger partial charge in [0, 0.05) is 6.07 Å². The van der Waals surface area contributed by atoms with Crippen molar-refractivity contribution in [2.75, 3.05) is 12.4 Å². The first-order valence-corrected chi connectivity index (χ1v) is 5.91. The summed E-state index contributed by atoms with van der Waals surface area (Å²) in [6.45, 7) is 3.64. The molecule has 0 radical (unpaired) electrons. The van der Waals surface area contributed by atoms with Gasteiger partial charge in [-0.25, -0.2) is 0 Å². The maximum Gasteiger partial charge on any atom is 0.242 e. The van der Waals surface area contributed by atoms with Crippen LogP contribution >= 0.6 is 11.6 Å². The zero-order chi connectivity index (χ0) is 13.7. The highest BCUT2D eigenvalue weighted by atomic mass is 35.5. The van der Waals surface area contributed by atoms with Gasteiger partial charge in [-0.05, 0) is 18.1 Å². The molecule has 0 aliphatic rings. The summed E-state index contributed by atoms with van der Waals surface area (Å²) in [5.41, 5.74) is 0.446. The molecule has 0 aliphatic heterocycles. The lowest BCUT2D eigenvalue weighted by molar-refractivity contribution is -0.119. The van der Waals surface area contributed by atoms with E-state index < -0.39 is 5.92 Å². The van der Waals surface area contributed by atoms with E-state index in [2.05, 4.69) is 5.32 Å². The predicted molar refractivity (Wildman–Crippen MR) is 70.6 cm³/mol. The maximum atomic E-state index is 11.9. The summed E-state index contributed by atoms with van der Waals surface area (Å²) in [6, 6.07) is 6.93. The van der Waals surface area contributed by atoms with Gasteiger partial charge in [0.25, 0.3) is 0 Å². The van der Waals surface area contributed by atoms with E-state index in [0.717, 1.165) is 0 Å². The molecule has 1 unspecified atom stereocenters. The van der Waals surface area contributed by atoms with E-state index in [1.165, 1.54) is 7.11 Å². The molecule has 5 heteroatoms. The Morgan fingerprint density at radius 2 is 2.17 bits per heavy atom. The number of halogens is 1. The number of benzene rings is 1. The van der Waals surface area contributed by atoms with Crippen LogP contribution in [0.1, 0.15) is 13.8 Å². The number of nitrogens with zero attached hydrogens (tertiary/aromatic N) is 1. The third-order valence-corrected chi connectivity index (χ3v) is 2.85. The molecule has 96 valence electrons. The Morgan fingerprint density at radius 1 is 1.50 bits per heavy atom. The first-order chi connectivity index (χ1) is 8.49. The molecule has 1 rings (SSSR count). The minimum Gasteiger partial charge on any atom is -0.497 e. The van der Waals surface area contributed by atoms with Crippen molar-refractivity contribution in [2.45, 2.75) is 13.8 Å². The van der Waals surface area contributed by atoms with Gasteiger partial charge in [0.1, 0.15) is 11.7 Å². The predicted octanol–water partition coefficient (Wildman–Crippen LogP) is 3.08. The minimum absolute atomic E-state index is 0.0561. The van der Waals surface area contributed by atoms with Crippen LogP contribution in [-0.2, 0) is 4.79 Å². The third-order valence-electron chi connectivity index (χ3n) is 2.52. The average Bonchev–Trinajstić information content (AvgIpc) is 2.32. The molecule has 0 saturated heterocycles. The van der Waals surface area contributed by atoms with Gasteiger partial charge in [-0.2, -0.15) is 5.26 Å². The molecule has 1 atom stereocenters. The van der Waals surface area contributed by atoms with Gasteiger partial charge >= 0.3 is 0 Å². The van der Waals surface area contributed by atoms with Gasteiger partial charge < -0.3 is 10.1 Å². The van der Waals surface area contributed by atoms with Gasteiger partial charge in [0.15, 0.2) is 0 Å². The second kappa shape index (κ2) is 6.27. The van der Waals surface area contributed by atoms with E-state index in [1.54, 1.807) is 18.2 Å². The fourth-order valence-electron chi connectivity index (χ4n) is 1.45. The largest absolute Gasteiger partial charge is 0.497 e. The number of amides is 1. The van der Waals surface area contributed by atoms with Crippen LogP contribution in [0.3, 0.4) is 0 Å². The molecule has 0 aromatic heterocycles. The fourth-order valence-corrected chi connectivity index (χ4v) is 1.61. The molecule has 0 aliphatic carbocycles. The second-order valence-corrected chi connectivity index (χ2v) is 4.59. The number of ether oxygens (including phenoxy) is 1. The normalized spacial score (nSPS) is 11.8. The minimum atomic E-state index is -0.702. The average molecular weight is 267 g/mol. The second-order valence-electron chi connectivity index (χ2n) is 4.19. The van der Waals surface area contributed by atoms with Gasteiger partial charge in [-0.3, -0.25) is 4.79 Å². The van der Waals surface area contributed by atoms with Crippen molar-refractivity contribution in [3.05, 3.63) is 23.2 Å². The quantitative estimate of drug-likeness (QED) is 0.911. The highest BCUT2D eigenvalue weighted by molar-refractivity contribution is 6.33. The number of hydrogen-bond acceptors (Lipinski definition) is 3. The van der Waals surface area contributed by atoms with E-state index in [0.29, 0.717) is 16.5 Å². The van der Waals surface area contributed by atoms with Crippen LogP contribution in [0.25, 0.3) is 0 Å². The molecule has 1 aromatic rings. The lowest BCUT2D eigenvalue weighted by Gasteiger charge is -2.14. The van der Waals surface area contributed by atoms with Crippen LogP contribution in [0, 0.1) is 23.2 Å². The van der Waals surface area contributed by atoms with Crippen molar-refractivity contribution in [1.82, 2.24) is 0 Å². The maximum absolute atomic E-state index is 11.9. The van der Waals surface area contributed by atoms with Crippen LogP contribution < -0.4 is 10.1 Å². The molecule has 0 fully saturated rings. The summed E-state index contributed by atoms with van der Waals surface area (Å²) in [5, 5.41) is 12.0. The lowest BCUT2D eigenvalue weighted by Crippen LogP contribution is -2.25. The Bertz CT molecular complexity index is 480. The standard InChI is InChI=1S/C13H15ClN2O2/c1-8(2)10(7-15)13(17)16-12-6-9(18-3)4-5-11(12)14/h4-6,8,10H,1-3H3,(H,16,17). The summed E-state index contributed by atoms with van der Waals surface area (Å²) in [5.74, 6) is -0.526. The zero-order valence-electron chi connectivity index (χ0n) is 10.5. The summed E-state index contributed by atoms with van der Waals surface area (Å²) in [4.78, 5) is 11.9. The first-order valence-electron chi connectivity index (χ1n) is 5.53. The molecule has 1 amide bonds. The molecule has 18 heavy (non-hydrogen) atoms. The van der Waals surface area contributed by atoms with Crippen LogP contribution in [0.15, 0.2) is 18.2 Å². The fraction of sp³-hybridized carbons (Fsp3) is 0.385. The summed E-state index contributed by atoms with van der Waals surface area (Å²) in [7, 11) is 1.53. The van der Waals surface area contributed by atoms with Crippen molar-refractivity contribution >= 4 is 23.2 Å².